The summed E-state index contributed by atoms with van der Waals surface area (Å²) < 4.78 is 13.5. The fourth-order valence-electron chi connectivity index (χ4n) is 1.94. The minimum Gasteiger partial charge on any atom is -0.386 e. The standard InChI is InChI=1S/C16H16ClFN2O2/c1-10-6-7-11(17)8-14(10)20-16(22)19-9-15(21)12-4-2-3-5-13(12)18/h2-8,15,21H,9H2,1H3,(H2,19,20,22)/t15-/m0/s1. The van der Waals surface area contributed by atoms with Crippen molar-refractivity contribution in [2.24, 2.45) is 0 Å². The van der Waals surface area contributed by atoms with Gasteiger partial charge >= 0.3 is 6.03 Å². The first-order valence-electron chi connectivity index (χ1n) is 6.71. The number of aryl methyl sites for hydroxylation is 1. The van der Waals surface area contributed by atoms with Crippen molar-refractivity contribution in [3.63, 3.8) is 0 Å². The van der Waals surface area contributed by atoms with E-state index >= 15 is 0 Å². The number of anilines is 1. The van der Waals surface area contributed by atoms with Gasteiger partial charge in [0.1, 0.15) is 5.82 Å². The lowest BCUT2D eigenvalue weighted by Crippen LogP contribution is -2.32. The number of hydrogen-bond acceptors (Lipinski definition) is 2. The van der Waals surface area contributed by atoms with E-state index in [1.54, 1.807) is 24.3 Å². The summed E-state index contributed by atoms with van der Waals surface area (Å²) in [6.07, 6.45) is -1.12. The summed E-state index contributed by atoms with van der Waals surface area (Å²) >= 11 is 5.87. The van der Waals surface area contributed by atoms with Crippen molar-refractivity contribution >= 4 is 23.3 Å². The summed E-state index contributed by atoms with van der Waals surface area (Å²) in [5, 5.41) is 15.5. The van der Waals surface area contributed by atoms with Crippen LogP contribution < -0.4 is 10.6 Å². The topological polar surface area (TPSA) is 61.4 Å². The maximum Gasteiger partial charge on any atom is 0.319 e. The number of benzene rings is 2. The Morgan fingerprint density at radius 2 is 2.05 bits per heavy atom. The van der Waals surface area contributed by atoms with Gasteiger partial charge in [0.2, 0.25) is 0 Å². The van der Waals surface area contributed by atoms with Crippen LogP contribution >= 0.6 is 11.6 Å². The summed E-state index contributed by atoms with van der Waals surface area (Å²) in [6.45, 7) is 1.73. The van der Waals surface area contributed by atoms with Crippen LogP contribution in [-0.2, 0) is 0 Å². The summed E-state index contributed by atoms with van der Waals surface area (Å²) in [5.41, 5.74) is 1.57. The minimum absolute atomic E-state index is 0.105. The average Bonchev–Trinajstić information content (AvgIpc) is 2.49. The molecular formula is C16H16ClFN2O2. The van der Waals surface area contributed by atoms with Crippen LogP contribution in [0.5, 0.6) is 0 Å². The van der Waals surface area contributed by atoms with Gasteiger partial charge in [-0.05, 0) is 30.7 Å². The number of carbonyl (C=O) groups excluding carboxylic acids is 1. The largest absolute Gasteiger partial charge is 0.386 e. The monoisotopic (exact) mass is 322 g/mol. The maximum atomic E-state index is 13.5. The first-order valence-corrected chi connectivity index (χ1v) is 7.08. The molecule has 2 aromatic carbocycles. The van der Waals surface area contributed by atoms with Gasteiger partial charge < -0.3 is 15.7 Å². The Labute approximate surface area is 132 Å². The van der Waals surface area contributed by atoms with Crippen LogP contribution in [0, 0.1) is 12.7 Å². The Bertz CT molecular complexity index is 679. The Morgan fingerprint density at radius 3 is 2.77 bits per heavy atom. The van der Waals surface area contributed by atoms with Crippen molar-refractivity contribution in [2.75, 3.05) is 11.9 Å². The number of carbonyl (C=O) groups is 1. The first-order chi connectivity index (χ1) is 10.5. The van der Waals surface area contributed by atoms with E-state index in [-0.39, 0.29) is 12.1 Å². The minimum atomic E-state index is -1.12. The lowest BCUT2D eigenvalue weighted by atomic mass is 10.1. The molecule has 2 rings (SSSR count). The Hall–Kier alpha value is -2.11. The van der Waals surface area contributed by atoms with Gasteiger partial charge in [-0.25, -0.2) is 9.18 Å². The van der Waals surface area contributed by atoms with Gasteiger partial charge in [-0.2, -0.15) is 0 Å². The van der Waals surface area contributed by atoms with Gasteiger partial charge in [-0.15, -0.1) is 0 Å². The van der Waals surface area contributed by atoms with Gasteiger partial charge in [0.15, 0.2) is 0 Å². The maximum absolute atomic E-state index is 13.5. The number of aliphatic hydroxyl groups excluding tert-OH is 1. The molecule has 2 amide bonds. The van der Waals surface area contributed by atoms with Gasteiger partial charge in [0.25, 0.3) is 0 Å². The third-order valence-electron chi connectivity index (χ3n) is 3.17. The highest BCUT2D eigenvalue weighted by Gasteiger charge is 2.13. The molecule has 0 spiro atoms. The molecule has 2 aromatic rings. The highest BCUT2D eigenvalue weighted by Crippen LogP contribution is 2.20. The quantitative estimate of drug-likeness (QED) is 0.804. The highest BCUT2D eigenvalue weighted by molar-refractivity contribution is 6.31. The van der Waals surface area contributed by atoms with Crippen molar-refractivity contribution in [1.82, 2.24) is 5.32 Å². The lowest BCUT2D eigenvalue weighted by molar-refractivity contribution is 0.170. The Balaban J connectivity index is 1.93. The summed E-state index contributed by atoms with van der Waals surface area (Å²) in [6, 6.07) is 10.5. The predicted molar refractivity (Wildman–Crippen MR) is 84.6 cm³/mol. The molecule has 0 aromatic heterocycles. The van der Waals surface area contributed by atoms with Crippen molar-refractivity contribution in [3.05, 3.63) is 64.4 Å². The number of aliphatic hydroxyl groups is 1. The molecule has 0 heterocycles. The van der Waals surface area contributed by atoms with Crippen LogP contribution in [-0.4, -0.2) is 17.7 Å². The zero-order valence-electron chi connectivity index (χ0n) is 11.9. The molecule has 22 heavy (non-hydrogen) atoms. The van der Waals surface area contributed by atoms with Crippen LogP contribution in [0.25, 0.3) is 0 Å². The molecule has 0 bridgehead atoms. The number of urea groups is 1. The molecule has 0 unspecified atom stereocenters. The fraction of sp³-hybridized carbons (Fsp3) is 0.188. The van der Waals surface area contributed by atoms with E-state index in [0.29, 0.717) is 10.7 Å². The second kappa shape index (κ2) is 7.24. The van der Waals surface area contributed by atoms with Crippen LogP contribution in [0.15, 0.2) is 42.5 Å². The molecule has 3 N–H and O–H groups in total. The van der Waals surface area contributed by atoms with Crippen LogP contribution in [0.1, 0.15) is 17.2 Å². The molecule has 0 aliphatic heterocycles. The molecule has 4 nitrogen and oxygen atoms in total. The average molecular weight is 323 g/mol. The molecule has 0 aliphatic carbocycles. The third-order valence-corrected chi connectivity index (χ3v) is 3.40. The fourth-order valence-corrected chi connectivity index (χ4v) is 2.11. The second-order valence-electron chi connectivity index (χ2n) is 4.83. The molecule has 0 fully saturated rings. The molecule has 0 saturated heterocycles. The van der Waals surface area contributed by atoms with E-state index < -0.39 is 18.0 Å². The summed E-state index contributed by atoms with van der Waals surface area (Å²) in [5.74, 6) is -0.511. The Kier molecular flexibility index (Phi) is 5.35. The molecule has 0 aliphatic rings. The number of hydrogen-bond donors (Lipinski definition) is 3. The van der Waals surface area contributed by atoms with Gasteiger partial charge in [-0.3, -0.25) is 0 Å². The molecule has 116 valence electrons. The lowest BCUT2D eigenvalue weighted by Gasteiger charge is -2.14. The normalized spacial score (nSPS) is 11.8. The summed E-state index contributed by atoms with van der Waals surface area (Å²) in [4.78, 5) is 11.8. The number of amides is 2. The van der Waals surface area contributed by atoms with E-state index in [1.807, 2.05) is 6.92 Å². The number of rotatable bonds is 4. The van der Waals surface area contributed by atoms with E-state index in [2.05, 4.69) is 10.6 Å². The second-order valence-corrected chi connectivity index (χ2v) is 5.27. The van der Waals surface area contributed by atoms with Gasteiger partial charge in [0.05, 0.1) is 6.10 Å². The molecular weight excluding hydrogens is 307 g/mol. The molecule has 0 radical (unpaired) electrons. The van der Waals surface area contributed by atoms with Crippen LogP contribution in [0.3, 0.4) is 0 Å². The van der Waals surface area contributed by atoms with Crippen molar-refractivity contribution in [1.29, 1.82) is 0 Å². The van der Waals surface area contributed by atoms with Crippen molar-refractivity contribution < 1.29 is 14.3 Å². The number of nitrogens with one attached hydrogen (secondary N) is 2. The number of halogens is 2. The van der Waals surface area contributed by atoms with E-state index in [9.17, 15) is 14.3 Å². The smallest absolute Gasteiger partial charge is 0.319 e. The third kappa shape index (κ3) is 4.19. The van der Waals surface area contributed by atoms with E-state index in [4.69, 9.17) is 11.6 Å². The van der Waals surface area contributed by atoms with Crippen LogP contribution in [0.4, 0.5) is 14.9 Å². The van der Waals surface area contributed by atoms with E-state index in [1.165, 1.54) is 18.2 Å². The first kappa shape index (κ1) is 16.3. The zero-order valence-corrected chi connectivity index (χ0v) is 12.7. The summed E-state index contributed by atoms with van der Waals surface area (Å²) in [7, 11) is 0. The van der Waals surface area contributed by atoms with Crippen molar-refractivity contribution in [3.8, 4) is 0 Å². The van der Waals surface area contributed by atoms with Crippen molar-refractivity contribution in [2.45, 2.75) is 13.0 Å². The van der Waals surface area contributed by atoms with Gasteiger partial charge in [0, 0.05) is 22.8 Å². The van der Waals surface area contributed by atoms with Gasteiger partial charge in [-0.1, -0.05) is 35.9 Å². The highest BCUT2D eigenvalue weighted by atomic mass is 35.5. The zero-order chi connectivity index (χ0) is 16.1. The Morgan fingerprint density at radius 1 is 1.32 bits per heavy atom. The molecule has 0 saturated carbocycles. The van der Waals surface area contributed by atoms with E-state index in [0.717, 1.165) is 5.56 Å². The SMILES string of the molecule is Cc1ccc(Cl)cc1NC(=O)NC[C@H](O)c1ccccc1F. The predicted octanol–water partition coefficient (Wildman–Crippen LogP) is 3.64. The molecule has 6 heteroatoms. The molecule has 1 atom stereocenters. The van der Waals surface area contributed by atoms with Crippen LogP contribution in [0.2, 0.25) is 5.02 Å².